The van der Waals surface area contributed by atoms with Gasteiger partial charge in [-0.2, -0.15) is 0 Å². The second-order valence-corrected chi connectivity index (χ2v) is 7.38. The second kappa shape index (κ2) is 5.73. The summed E-state index contributed by atoms with van der Waals surface area (Å²) in [5.74, 6) is 0. The summed E-state index contributed by atoms with van der Waals surface area (Å²) in [5, 5.41) is 0. The van der Waals surface area contributed by atoms with E-state index in [4.69, 9.17) is 5.73 Å². The Hall–Kier alpha value is -0.0800. The van der Waals surface area contributed by atoms with Gasteiger partial charge in [0.15, 0.2) is 0 Å². The minimum absolute atomic E-state index is 0.486. The molecule has 0 aromatic heterocycles. The van der Waals surface area contributed by atoms with Crippen LogP contribution in [0.1, 0.15) is 77.6 Å². The third kappa shape index (κ3) is 2.58. The Balaban J connectivity index is 1.65. The molecule has 3 aliphatic carbocycles. The number of nitrogens with two attached hydrogens (primary N) is 1. The molecule has 1 unspecified atom stereocenters. The van der Waals surface area contributed by atoms with E-state index in [1.54, 1.807) is 0 Å². The van der Waals surface area contributed by atoms with Crippen molar-refractivity contribution < 1.29 is 0 Å². The summed E-state index contributed by atoms with van der Waals surface area (Å²) < 4.78 is 0. The topological polar surface area (TPSA) is 29.3 Å². The van der Waals surface area contributed by atoms with E-state index in [-0.39, 0.29) is 0 Å². The largest absolute Gasteiger partial charge is 0.328 e. The van der Waals surface area contributed by atoms with Crippen LogP contribution < -0.4 is 5.73 Å². The lowest BCUT2D eigenvalue weighted by molar-refractivity contribution is -0.0745. The molecule has 0 heterocycles. The maximum absolute atomic E-state index is 6.08. The molecule has 3 rings (SSSR count). The summed E-state index contributed by atoms with van der Waals surface area (Å²) in [4.78, 5) is 2.89. The van der Waals surface area contributed by atoms with E-state index >= 15 is 0 Å². The van der Waals surface area contributed by atoms with E-state index in [0.717, 1.165) is 17.5 Å². The van der Waals surface area contributed by atoms with Crippen LogP contribution in [0.15, 0.2) is 0 Å². The molecule has 19 heavy (non-hydrogen) atoms. The van der Waals surface area contributed by atoms with E-state index in [9.17, 15) is 0 Å². The van der Waals surface area contributed by atoms with Crippen LogP contribution >= 0.6 is 0 Å². The first kappa shape index (κ1) is 13.9. The summed E-state index contributed by atoms with van der Waals surface area (Å²) in [6.45, 7) is 3.63. The minimum atomic E-state index is 0.486. The fraction of sp³-hybridized carbons (Fsp3) is 1.00. The minimum Gasteiger partial charge on any atom is -0.328 e. The average molecular weight is 264 g/mol. The van der Waals surface area contributed by atoms with Crippen LogP contribution in [-0.2, 0) is 0 Å². The third-order valence-corrected chi connectivity index (χ3v) is 6.45. The van der Waals surface area contributed by atoms with Gasteiger partial charge < -0.3 is 5.73 Å². The van der Waals surface area contributed by atoms with Gasteiger partial charge in [-0.05, 0) is 63.3 Å². The van der Waals surface area contributed by atoms with E-state index in [1.807, 2.05) is 0 Å². The molecule has 1 spiro atoms. The van der Waals surface area contributed by atoms with Crippen molar-refractivity contribution >= 4 is 0 Å². The Kier molecular flexibility index (Phi) is 4.19. The van der Waals surface area contributed by atoms with Crippen molar-refractivity contribution in [3.63, 3.8) is 0 Å². The molecule has 0 amide bonds. The van der Waals surface area contributed by atoms with Gasteiger partial charge in [0, 0.05) is 18.1 Å². The summed E-state index contributed by atoms with van der Waals surface area (Å²) in [6, 6.07) is 2.24. The molecule has 110 valence electrons. The number of hydrogen-bond acceptors (Lipinski definition) is 2. The zero-order valence-electron chi connectivity index (χ0n) is 12.7. The molecule has 3 saturated carbocycles. The van der Waals surface area contributed by atoms with Crippen LogP contribution in [0, 0.1) is 5.41 Å². The van der Waals surface area contributed by atoms with Gasteiger partial charge in [0.05, 0.1) is 0 Å². The highest BCUT2D eigenvalue weighted by molar-refractivity contribution is 5.04. The monoisotopic (exact) mass is 264 g/mol. The second-order valence-electron chi connectivity index (χ2n) is 7.38. The molecular weight excluding hydrogens is 232 g/mol. The van der Waals surface area contributed by atoms with Gasteiger partial charge in [-0.15, -0.1) is 0 Å². The lowest BCUT2D eigenvalue weighted by Gasteiger charge is -2.58. The van der Waals surface area contributed by atoms with Crippen LogP contribution in [0.3, 0.4) is 0 Å². The number of hydrogen-bond donors (Lipinski definition) is 1. The van der Waals surface area contributed by atoms with Gasteiger partial charge in [0.2, 0.25) is 0 Å². The lowest BCUT2D eigenvalue weighted by Crippen LogP contribution is -2.59. The van der Waals surface area contributed by atoms with E-state index in [0.29, 0.717) is 6.04 Å². The van der Waals surface area contributed by atoms with Crippen molar-refractivity contribution in [2.24, 2.45) is 11.1 Å². The average Bonchev–Trinajstić information content (AvgIpc) is 2.45. The van der Waals surface area contributed by atoms with Gasteiger partial charge in [0.25, 0.3) is 0 Å². The zero-order chi connectivity index (χ0) is 13.3. The first-order valence-corrected chi connectivity index (χ1v) is 8.76. The predicted molar refractivity (Wildman–Crippen MR) is 81.2 cm³/mol. The number of nitrogens with zero attached hydrogens (tertiary/aromatic N) is 1. The van der Waals surface area contributed by atoms with Crippen LogP contribution in [0.4, 0.5) is 0 Å². The normalized spacial score (nSPS) is 38.4. The van der Waals surface area contributed by atoms with Gasteiger partial charge in [-0.25, -0.2) is 0 Å². The lowest BCUT2D eigenvalue weighted by atomic mass is 9.56. The maximum Gasteiger partial charge on any atom is 0.0155 e. The summed E-state index contributed by atoms with van der Waals surface area (Å²) >= 11 is 0. The molecule has 0 aromatic rings. The fourth-order valence-corrected chi connectivity index (χ4v) is 5.20. The molecule has 0 aromatic carbocycles. The Bertz CT molecular complexity index is 288. The molecule has 2 nitrogen and oxygen atoms in total. The molecule has 2 N–H and O–H groups in total. The molecule has 0 saturated heterocycles. The molecule has 2 heteroatoms. The molecular formula is C17H32N2. The van der Waals surface area contributed by atoms with Crippen molar-refractivity contribution in [3.05, 3.63) is 0 Å². The van der Waals surface area contributed by atoms with E-state index in [2.05, 4.69) is 11.8 Å². The molecule has 0 bridgehead atoms. The Labute approximate surface area is 119 Å². The van der Waals surface area contributed by atoms with E-state index < -0.39 is 0 Å². The summed E-state index contributed by atoms with van der Waals surface area (Å²) in [5.41, 5.74) is 6.81. The van der Waals surface area contributed by atoms with Gasteiger partial charge in [0.1, 0.15) is 0 Å². The highest BCUT2D eigenvalue weighted by Crippen LogP contribution is 2.54. The highest BCUT2D eigenvalue weighted by atomic mass is 15.2. The first-order valence-electron chi connectivity index (χ1n) is 8.76. The van der Waals surface area contributed by atoms with Crippen molar-refractivity contribution in [1.82, 2.24) is 4.90 Å². The SMILES string of the molecule is CCN(C1CCC(N)CC1)C1CCC12CCCCC2. The fourth-order valence-electron chi connectivity index (χ4n) is 5.20. The molecule has 3 fully saturated rings. The van der Waals surface area contributed by atoms with Gasteiger partial charge >= 0.3 is 0 Å². The molecule has 0 aliphatic heterocycles. The zero-order valence-corrected chi connectivity index (χ0v) is 12.7. The quantitative estimate of drug-likeness (QED) is 0.842. The van der Waals surface area contributed by atoms with Crippen molar-refractivity contribution in [1.29, 1.82) is 0 Å². The van der Waals surface area contributed by atoms with E-state index in [1.165, 1.54) is 77.2 Å². The van der Waals surface area contributed by atoms with Crippen molar-refractivity contribution in [3.8, 4) is 0 Å². The standard InChI is InChI=1S/C17H32N2/c1-2-19(15-8-6-14(18)7-9-15)16-10-13-17(16)11-4-3-5-12-17/h14-16H,2-13,18H2,1H3. The Morgan fingerprint density at radius 3 is 2.16 bits per heavy atom. The molecule has 1 atom stereocenters. The van der Waals surface area contributed by atoms with Crippen LogP contribution in [-0.4, -0.2) is 29.6 Å². The Morgan fingerprint density at radius 1 is 0.947 bits per heavy atom. The first-order chi connectivity index (χ1) is 9.25. The molecule has 0 radical (unpaired) electrons. The van der Waals surface area contributed by atoms with Gasteiger partial charge in [-0.3, -0.25) is 4.90 Å². The molecule has 3 aliphatic rings. The van der Waals surface area contributed by atoms with Crippen molar-refractivity contribution in [2.75, 3.05) is 6.54 Å². The maximum atomic E-state index is 6.08. The van der Waals surface area contributed by atoms with Crippen LogP contribution in [0.25, 0.3) is 0 Å². The predicted octanol–water partition coefficient (Wildman–Crippen LogP) is 3.69. The Morgan fingerprint density at radius 2 is 1.63 bits per heavy atom. The van der Waals surface area contributed by atoms with Gasteiger partial charge in [-0.1, -0.05) is 26.2 Å². The summed E-state index contributed by atoms with van der Waals surface area (Å²) in [6.07, 6.45) is 15.7. The smallest absolute Gasteiger partial charge is 0.0155 e. The summed E-state index contributed by atoms with van der Waals surface area (Å²) in [7, 11) is 0. The van der Waals surface area contributed by atoms with Crippen molar-refractivity contribution in [2.45, 2.75) is 95.7 Å². The van der Waals surface area contributed by atoms with Crippen LogP contribution in [0.5, 0.6) is 0 Å². The van der Waals surface area contributed by atoms with Crippen LogP contribution in [0.2, 0.25) is 0 Å². The highest BCUT2D eigenvalue weighted by Gasteiger charge is 2.50. The third-order valence-electron chi connectivity index (χ3n) is 6.45. The number of rotatable bonds is 3.